The van der Waals surface area contributed by atoms with E-state index in [4.69, 9.17) is 9.47 Å². The lowest BCUT2D eigenvalue weighted by atomic mass is 10.1. The number of thiazole rings is 1. The van der Waals surface area contributed by atoms with Crippen molar-refractivity contribution >= 4 is 22.6 Å². The highest BCUT2D eigenvalue weighted by Gasteiger charge is 2.42. The fourth-order valence-corrected chi connectivity index (χ4v) is 3.20. The van der Waals surface area contributed by atoms with Crippen LogP contribution in [-0.2, 0) is 4.74 Å². The highest BCUT2D eigenvalue weighted by Crippen LogP contribution is 2.35. The summed E-state index contributed by atoms with van der Waals surface area (Å²) in [6.07, 6.45) is -0.337. The smallest absolute Gasteiger partial charge is 0.416 e. The molecule has 0 saturated carbocycles. The van der Waals surface area contributed by atoms with Crippen molar-refractivity contribution in [3.63, 3.8) is 0 Å². The number of benzene rings is 1. The normalized spacial score (nSPS) is 16.9. The maximum atomic E-state index is 11.9. The third-order valence-corrected chi connectivity index (χ3v) is 4.23. The molecule has 0 spiro atoms. The highest BCUT2D eigenvalue weighted by molar-refractivity contribution is 7.14. The molecule has 2 heterocycles. The van der Waals surface area contributed by atoms with Gasteiger partial charge in [-0.15, -0.1) is 11.3 Å². The van der Waals surface area contributed by atoms with Gasteiger partial charge in [0.25, 0.3) is 0 Å². The Hall–Kier alpha value is -2.08. The molecule has 1 aromatic carbocycles. The number of hydrogen-bond acceptors (Lipinski definition) is 5. The predicted molar refractivity (Wildman–Crippen MR) is 82.0 cm³/mol. The van der Waals surface area contributed by atoms with E-state index in [-0.39, 0.29) is 11.6 Å². The molecule has 0 radical (unpaired) electrons. The predicted octanol–water partition coefficient (Wildman–Crippen LogP) is 3.55. The third kappa shape index (κ3) is 2.47. The number of anilines is 1. The maximum absolute atomic E-state index is 11.9. The van der Waals surface area contributed by atoms with Gasteiger partial charge in [-0.3, -0.25) is 0 Å². The van der Waals surface area contributed by atoms with Gasteiger partial charge in [0, 0.05) is 10.9 Å². The van der Waals surface area contributed by atoms with Crippen LogP contribution in [0.2, 0.25) is 0 Å². The van der Waals surface area contributed by atoms with Gasteiger partial charge < -0.3 is 9.47 Å². The molecule has 1 aliphatic rings. The van der Waals surface area contributed by atoms with Gasteiger partial charge >= 0.3 is 6.09 Å². The van der Waals surface area contributed by atoms with Crippen LogP contribution in [0.3, 0.4) is 0 Å². The van der Waals surface area contributed by atoms with Crippen molar-refractivity contribution in [1.29, 1.82) is 0 Å². The molecule has 5 nitrogen and oxygen atoms in total. The Balaban J connectivity index is 1.91. The number of ether oxygens (including phenoxy) is 2. The lowest BCUT2D eigenvalue weighted by Crippen LogP contribution is -2.42. The van der Waals surface area contributed by atoms with Crippen LogP contribution in [0.1, 0.15) is 13.8 Å². The Morgan fingerprint density at radius 3 is 2.62 bits per heavy atom. The van der Waals surface area contributed by atoms with Crippen LogP contribution >= 0.6 is 11.3 Å². The van der Waals surface area contributed by atoms with Gasteiger partial charge in [-0.2, -0.15) is 0 Å². The summed E-state index contributed by atoms with van der Waals surface area (Å²) in [5.74, 6) is 0.804. The number of rotatable bonds is 3. The summed E-state index contributed by atoms with van der Waals surface area (Å²) < 4.78 is 10.3. The zero-order chi connectivity index (χ0) is 15.0. The van der Waals surface area contributed by atoms with E-state index >= 15 is 0 Å². The van der Waals surface area contributed by atoms with Gasteiger partial charge in [0.2, 0.25) is 0 Å². The van der Waals surface area contributed by atoms with E-state index in [2.05, 4.69) is 4.98 Å². The van der Waals surface area contributed by atoms with Gasteiger partial charge in [0.15, 0.2) is 5.13 Å². The molecule has 2 aromatic rings. The van der Waals surface area contributed by atoms with Crippen molar-refractivity contribution in [2.24, 2.45) is 0 Å². The summed E-state index contributed by atoms with van der Waals surface area (Å²) in [4.78, 5) is 18.1. The molecule has 0 bridgehead atoms. The zero-order valence-corrected chi connectivity index (χ0v) is 12.9. The Morgan fingerprint density at radius 2 is 2.05 bits per heavy atom. The Bertz CT molecular complexity index is 664. The van der Waals surface area contributed by atoms with E-state index < -0.39 is 0 Å². The van der Waals surface area contributed by atoms with E-state index in [0.717, 1.165) is 17.0 Å². The summed E-state index contributed by atoms with van der Waals surface area (Å²) in [7, 11) is 1.64. The monoisotopic (exact) mass is 304 g/mol. The van der Waals surface area contributed by atoms with E-state index in [0.29, 0.717) is 11.7 Å². The number of aromatic nitrogens is 1. The molecule has 0 aliphatic carbocycles. The third-order valence-electron chi connectivity index (χ3n) is 3.41. The molecule has 0 N–H and O–H groups in total. The lowest BCUT2D eigenvalue weighted by molar-refractivity contribution is 0.175. The molecular formula is C15H16N2O3S. The van der Waals surface area contributed by atoms with Crippen LogP contribution < -0.4 is 9.64 Å². The number of carbonyl (C=O) groups is 1. The molecule has 1 amide bonds. The summed E-state index contributed by atoms with van der Waals surface area (Å²) in [6.45, 7) is 4.31. The number of nitrogens with zero attached hydrogens (tertiary/aromatic N) is 2. The van der Waals surface area contributed by atoms with E-state index in [1.807, 2.05) is 43.5 Å². The summed E-state index contributed by atoms with van der Waals surface area (Å²) in [6, 6.07) is 7.68. The first-order valence-electron chi connectivity index (χ1n) is 6.58. The van der Waals surface area contributed by atoms with Gasteiger partial charge in [0.1, 0.15) is 12.4 Å². The minimum Gasteiger partial charge on any atom is -0.497 e. The van der Waals surface area contributed by atoms with Crippen LogP contribution in [-0.4, -0.2) is 30.3 Å². The topological polar surface area (TPSA) is 51.7 Å². The Labute approximate surface area is 127 Å². The molecule has 110 valence electrons. The second-order valence-electron chi connectivity index (χ2n) is 5.45. The summed E-state index contributed by atoms with van der Waals surface area (Å²) in [5, 5.41) is 2.60. The van der Waals surface area contributed by atoms with Crippen LogP contribution in [0, 0.1) is 0 Å². The molecule has 6 heteroatoms. The van der Waals surface area contributed by atoms with Crippen molar-refractivity contribution in [2.45, 2.75) is 19.4 Å². The molecule has 0 unspecified atom stereocenters. The average Bonchev–Trinajstić information content (AvgIpc) is 3.04. The number of carbonyl (C=O) groups excluding carboxylic acids is 1. The first-order valence-corrected chi connectivity index (χ1v) is 7.46. The van der Waals surface area contributed by atoms with Crippen molar-refractivity contribution in [1.82, 2.24) is 4.98 Å². The molecule has 1 saturated heterocycles. The van der Waals surface area contributed by atoms with Crippen molar-refractivity contribution < 1.29 is 14.3 Å². The van der Waals surface area contributed by atoms with Crippen LogP contribution in [0.4, 0.5) is 9.93 Å². The average molecular weight is 304 g/mol. The molecular weight excluding hydrogens is 288 g/mol. The summed E-state index contributed by atoms with van der Waals surface area (Å²) >= 11 is 1.44. The number of hydrogen-bond donors (Lipinski definition) is 0. The second kappa shape index (κ2) is 5.04. The first-order chi connectivity index (χ1) is 10.0. The lowest BCUT2D eigenvalue weighted by Gasteiger charge is -2.24. The molecule has 1 fully saturated rings. The van der Waals surface area contributed by atoms with Gasteiger partial charge in [-0.25, -0.2) is 14.7 Å². The fourth-order valence-electron chi connectivity index (χ4n) is 2.21. The van der Waals surface area contributed by atoms with Gasteiger partial charge in [-0.1, -0.05) is 0 Å². The van der Waals surface area contributed by atoms with Gasteiger partial charge in [-0.05, 0) is 38.1 Å². The molecule has 21 heavy (non-hydrogen) atoms. The number of methoxy groups -OCH3 is 1. The van der Waals surface area contributed by atoms with E-state index in [1.54, 1.807) is 12.0 Å². The fraction of sp³-hybridized carbons (Fsp3) is 0.333. The van der Waals surface area contributed by atoms with Crippen LogP contribution in [0.15, 0.2) is 29.6 Å². The van der Waals surface area contributed by atoms with E-state index in [1.165, 1.54) is 11.3 Å². The molecule has 1 aliphatic heterocycles. The summed E-state index contributed by atoms with van der Waals surface area (Å²) in [5.41, 5.74) is 1.46. The van der Waals surface area contributed by atoms with Crippen molar-refractivity contribution in [3.05, 3.63) is 29.6 Å². The second-order valence-corrected chi connectivity index (χ2v) is 6.28. The Morgan fingerprint density at radius 1 is 1.33 bits per heavy atom. The molecule has 3 rings (SSSR count). The minimum atomic E-state index is -0.369. The maximum Gasteiger partial charge on any atom is 0.416 e. The van der Waals surface area contributed by atoms with Crippen LogP contribution in [0.25, 0.3) is 11.3 Å². The minimum absolute atomic E-state index is 0.337. The van der Waals surface area contributed by atoms with E-state index in [9.17, 15) is 4.79 Å². The van der Waals surface area contributed by atoms with Crippen molar-refractivity contribution in [2.75, 3.05) is 18.6 Å². The molecule has 0 atom stereocenters. The quantitative estimate of drug-likeness (QED) is 0.870. The Kier molecular flexibility index (Phi) is 3.33. The first kappa shape index (κ1) is 13.9. The standard InChI is InChI=1S/C15H16N2O3S/c1-15(2)9-20-14(18)17(15)13-16-12(8-21-13)10-4-6-11(19-3)7-5-10/h4-8H,9H2,1-3H3. The van der Waals surface area contributed by atoms with Crippen molar-refractivity contribution in [3.8, 4) is 17.0 Å². The molecule has 1 aromatic heterocycles. The highest BCUT2D eigenvalue weighted by atomic mass is 32.1. The number of cyclic esters (lactones) is 1. The largest absolute Gasteiger partial charge is 0.497 e. The van der Waals surface area contributed by atoms with Gasteiger partial charge in [0.05, 0.1) is 18.3 Å². The SMILES string of the molecule is COc1ccc(-c2csc(N3C(=O)OCC3(C)C)n2)cc1. The van der Waals surface area contributed by atoms with Crippen LogP contribution in [0.5, 0.6) is 5.75 Å². The zero-order valence-electron chi connectivity index (χ0n) is 12.1. The number of amides is 1.